The Balaban J connectivity index is 1.82. The third kappa shape index (κ3) is 3.53. The number of nitrogens with one attached hydrogen (secondary N) is 2. The number of imidazole rings is 1. The summed E-state index contributed by atoms with van der Waals surface area (Å²) in [6.45, 7) is 1.44. The number of H-pyrrole nitrogens is 1. The molecule has 0 aliphatic carbocycles. The van der Waals surface area contributed by atoms with Crippen molar-refractivity contribution in [1.29, 1.82) is 0 Å². The summed E-state index contributed by atoms with van der Waals surface area (Å²) < 4.78 is 0. The molecule has 4 rings (SSSR count). The monoisotopic (exact) mass is 377 g/mol. The normalized spacial score (nSPS) is 10.7. The molecule has 27 heavy (non-hydrogen) atoms. The van der Waals surface area contributed by atoms with E-state index in [0.29, 0.717) is 11.6 Å². The number of nitrogen functional groups attached to an aromatic ring is 1. The van der Waals surface area contributed by atoms with Gasteiger partial charge in [-0.05, 0) is 24.3 Å². The summed E-state index contributed by atoms with van der Waals surface area (Å²) >= 11 is 1.49. The molecular weight excluding hydrogens is 362 g/mol. The van der Waals surface area contributed by atoms with Crippen molar-refractivity contribution in [2.24, 2.45) is 0 Å². The fourth-order valence-corrected chi connectivity index (χ4v) is 3.59. The van der Waals surface area contributed by atoms with E-state index in [9.17, 15) is 4.79 Å². The Labute approximate surface area is 158 Å². The van der Waals surface area contributed by atoms with E-state index in [4.69, 9.17) is 10.7 Å². The van der Waals surface area contributed by atoms with E-state index < -0.39 is 0 Å². The van der Waals surface area contributed by atoms with Crippen molar-refractivity contribution in [3.8, 4) is 32.5 Å². The van der Waals surface area contributed by atoms with Gasteiger partial charge in [-0.2, -0.15) is 0 Å². The topological polar surface area (TPSA) is 122 Å². The highest BCUT2D eigenvalue weighted by Crippen LogP contribution is 2.39. The molecule has 134 valence electrons. The third-order valence-corrected chi connectivity index (χ3v) is 4.82. The van der Waals surface area contributed by atoms with Crippen molar-refractivity contribution in [2.75, 3.05) is 11.1 Å². The molecule has 0 aliphatic rings. The quantitative estimate of drug-likeness (QED) is 0.502. The van der Waals surface area contributed by atoms with E-state index in [0.717, 1.165) is 32.5 Å². The molecule has 0 bridgehead atoms. The first-order valence-corrected chi connectivity index (χ1v) is 8.88. The van der Waals surface area contributed by atoms with Gasteiger partial charge < -0.3 is 16.0 Å². The number of nitrogens with two attached hydrogens (primary N) is 1. The highest BCUT2D eigenvalue weighted by molar-refractivity contribution is 7.18. The highest BCUT2D eigenvalue weighted by atomic mass is 32.1. The Bertz CT molecular complexity index is 1090. The van der Waals surface area contributed by atoms with Gasteiger partial charge in [-0.15, -0.1) is 11.3 Å². The van der Waals surface area contributed by atoms with Crippen molar-refractivity contribution in [1.82, 2.24) is 24.9 Å². The van der Waals surface area contributed by atoms with Crippen LogP contribution in [0.25, 0.3) is 32.5 Å². The predicted molar refractivity (Wildman–Crippen MR) is 105 cm³/mol. The average Bonchev–Trinajstić information content (AvgIpc) is 3.32. The van der Waals surface area contributed by atoms with Crippen LogP contribution in [0.1, 0.15) is 6.92 Å². The largest absolute Gasteiger partial charge is 0.384 e. The van der Waals surface area contributed by atoms with Crippen LogP contribution in [0, 0.1) is 0 Å². The SMILES string of the molecule is CC(=O)Nc1cc(-c2nc(-c3ccc(N)nc3)c(-c3ncc[nH]3)s2)ccn1. The molecule has 0 saturated heterocycles. The summed E-state index contributed by atoms with van der Waals surface area (Å²) in [7, 11) is 0. The van der Waals surface area contributed by atoms with E-state index in [1.54, 1.807) is 36.9 Å². The van der Waals surface area contributed by atoms with Crippen LogP contribution in [0.5, 0.6) is 0 Å². The van der Waals surface area contributed by atoms with Crippen molar-refractivity contribution in [3.05, 3.63) is 49.1 Å². The zero-order valence-electron chi connectivity index (χ0n) is 14.3. The average molecular weight is 377 g/mol. The molecule has 0 saturated carbocycles. The molecule has 0 aliphatic heterocycles. The van der Waals surface area contributed by atoms with Gasteiger partial charge in [-0.25, -0.2) is 19.9 Å². The minimum atomic E-state index is -0.177. The fourth-order valence-electron chi connectivity index (χ4n) is 2.55. The van der Waals surface area contributed by atoms with Gasteiger partial charge in [0.2, 0.25) is 5.91 Å². The number of aromatic amines is 1. The Morgan fingerprint density at radius 1 is 1.15 bits per heavy atom. The van der Waals surface area contributed by atoms with Crippen LogP contribution in [0.3, 0.4) is 0 Å². The van der Waals surface area contributed by atoms with Crippen molar-refractivity contribution in [3.63, 3.8) is 0 Å². The molecule has 1 amide bonds. The first-order chi connectivity index (χ1) is 13.1. The second-order valence-electron chi connectivity index (χ2n) is 5.72. The maximum Gasteiger partial charge on any atom is 0.222 e. The number of nitrogens with zero attached hydrogens (tertiary/aromatic N) is 4. The first-order valence-electron chi connectivity index (χ1n) is 8.06. The number of carbonyl (C=O) groups is 1. The van der Waals surface area contributed by atoms with Crippen molar-refractivity contribution >= 4 is 28.9 Å². The van der Waals surface area contributed by atoms with Gasteiger partial charge in [-0.1, -0.05) is 0 Å². The van der Waals surface area contributed by atoms with E-state index in [1.807, 2.05) is 12.1 Å². The van der Waals surface area contributed by atoms with E-state index in [1.165, 1.54) is 18.3 Å². The maximum atomic E-state index is 11.3. The smallest absolute Gasteiger partial charge is 0.222 e. The number of hydrogen-bond donors (Lipinski definition) is 3. The van der Waals surface area contributed by atoms with Gasteiger partial charge in [0.15, 0.2) is 0 Å². The molecule has 0 aromatic carbocycles. The Hall–Kier alpha value is -3.59. The number of anilines is 2. The summed E-state index contributed by atoms with van der Waals surface area (Å²) in [5.74, 6) is 1.47. The zero-order chi connectivity index (χ0) is 18.8. The fraction of sp³-hybridized carbons (Fsp3) is 0.0556. The number of thiazole rings is 1. The second-order valence-corrected chi connectivity index (χ2v) is 6.72. The van der Waals surface area contributed by atoms with Crippen LogP contribution in [-0.2, 0) is 4.79 Å². The highest BCUT2D eigenvalue weighted by Gasteiger charge is 2.18. The van der Waals surface area contributed by atoms with Gasteiger partial charge >= 0.3 is 0 Å². The number of hydrogen-bond acceptors (Lipinski definition) is 7. The summed E-state index contributed by atoms with van der Waals surface area (Å²) in [6.07, 6.45) is 6.79. The summed E-state index contributed by atoms with van der Waals surface area (Å²) in [6, 6.07) is 7.25. The second kappa shape index (κ2) is 6.96. The van der Waals surface area contributed by atoms with Crippen LogP contribution in [-0.4, -0.2) is 30.8 Å². The number of pyridine rings is 2. The van der Waals surface area contributed by atoms with Crippen LogP contribution < -0.4 is 11.1 Å². The third-order valence-electron chi connectivity index (χ3n) is 3.71. The Morgan fingerprint density at radius 2 is 2.04 bits per heavy atom. The standard InChI is InChI=1S/C18H15N7OS/c1-10(26)24-14-8-11(4-5-20-14)18-25-15(12-2-3-13(19)23-9-12)16(27-18)17-21-6-7-22-17/h2-9H,1H3,(H2,19,23)(H,21,22)(H,20,24,26). The zero-order valence-corrected chi connectivity index (χ0v) is 15.1. The summed E-state index contributed by atoms with van der Waals surface area (Å²) in [4.78, 5) is 32.8. The molecule has 0 unspecified atom stereocenters. The lowest BCUT2D eigenvalue weighted by molar-refractivity contribution is -0.114. The maximum absolute atomic E-state index is 11.3. The molecule has 4 aromatic heterocycles. The van der Waals surface area contributed by atoms with Gasteiger partial charge in [0, 0.05) is 42.8 Å². The van der Waals surface area contributed by atoms with E-state index >= 15 is 0 Å². The van der Waals surface area contributed by atoms with E-state index in [2.05, 4.69) is 25.3 Å². The van der Waals surface area contributed by atoms with Crippen molar-refractivity contribution < 1.29 is 4.79 Å². The Morgan fingerprint density at radius 3 is 2.74 bits per heavy atom. The molecule has 8 nitrogen and oxygen atoms in total. The van der Waals surface area contributed by atoms with Crippen LogP contribution in [0.2, 0.25) is 0 Å². The van der Waals surface area contributed by atoms with Gasteiger partial charge in [-0.3, -0.25) is 4.79 Å². The molecule has 4 N–H and O–H groups in total. The summed E-state index contributed by atoms with van der Waals surface area (Å²) in [5, 5.41) is 3.47. The number of aromatic nitrogens is 5. The van der Waals surface area contributed by atoms with Gasteiger partial charge in [0.1, 0.15) is 22.5 Å². The lowest BCUT2D eigenvalue weighted by Crippen LogP contribution is -2.07. The molecule has 0 fully saturated rings. The lowest BCUT2D eigenvalue weighted by Gasteiger charge is -2.02. The molecule has 9 heteroatoms. The van der Waals surface area contributed by atoms with Gasteiger partial charge in [0.25, 0.3) is 0 Å². The number of amides is 1. The van der Waals surface area contributed by atoms with E-state index in [-0.39, 0.29) is 5.91 Å². The first kappa shape index (κ1) is 16.9. The van der Waals surface area contributed by atoms with Crippen LogP contribution >= 0.6 is 11.3 Å². The molecule has 0 spiro atoms. The van der Waals surface area contributed by atoms with Crippen molar-refractivity contribution in [2.45, 2.75) is 6.92 Å². The molecule has 0 atom stereocenters. The minimum absolute atomic E-state index is 0.177. The molecular formula is C18H15N7OS. The summed E-state index contributed by atoms with van der Waals surface area (Å²) in [5.41, 5.74) is 8.15. The predicted octanol–water partition coefficient (Wildman–Crippen LogP) is 3.20. The van der Waals surface area contributed by atoms with Crippen LogP contribution in [0.4, 0.5) is 11.6 Å². The number of carbonyl (C=O) groups excluding carboxylic acids is 1. The molecule has 4 heterocycles. The van der Waals surface area contributed by atoms with Crippen LogP contribution in [0.15, 0.2) is 49.1 Å². The number of rotatable bonds is 4. The van der Waals surface area contributed by atoms with Gasteiger partial charge in [0.05, 0.1) is 10.6 Å². The lowest BCUT2D eigenvalue weighted by atomic mass is 10.2. The minimum Gasteiger partial charge on any atom is -0.384 e. The molecule has 4 aromatic rings. The molecule has 0 radical (unpaired) electrons. The Kier molecular flexibility index (Phi) is 4.35.